The number of carbonyl (C=O) groups excluding carboxylic acids is 1. The van der Waals surface area contributed by atoms with E-state index in [1.807, 2.05) is 12.1 Å². The van der Waals surface area contributed by atoms with E-state index in [1.54, 1.807) is 30.3 Å². The van der Waals surface area contributed by atoms with E-state index >= 15 is 0 Å². The first kappa shape index (κ1) is 12.3. The minimum atomic E-state index is -0.298. The average Bonchev–Trinajstić information content (AvgIpc) is 2.46. The van der Waals surface area contributed by atoms with Gasteiger partial charge in [-0.3, -0.25) is 4.79 Å². The lowest BCUT2D eigenvalue weighted by Gasteiger charge is -2.05. The van der Waals surface area contributed by atoms with Crippen molar-refractivity contribution in [1.29, 1.82) is 10.5 Å². The molecular weight excluding hydrogens is 238 g/mol. The van der Waals surface area contributed by atoms with E-state index in [-0.39, 0.29) is 22.5 Å². The largest absolute Gasteiger partial charge is 0.399 e. The molecule has 0 unspecified atom stereocenters. The van der Waals surface area contributed by atoms with E-state index in [1.165, 1.54) is 12.1 Å². The van der Waals surface area contributed by atoms with Gasteiger partial charge in [0.2, 0.25) is 0 Å². The molecule has 0 aliphatic carbocycles. The topological polar surface area (TPSA) is 90.7 Å². The van der Waals surface area contributed by atoms with Crippen LogP contribution in [0.15, 0.2) is 42.5 Å². The molecule has 2 rings (SSSR count). The minimum Gasteiger partial charge on any atom is -0.399 e. The van der Waals surface area contributed by atoms with Gasteiger partial charge in [0.15, 0.2) is 5.78 Å². The molecule has 2 N–H and O–H groups in total. The maximum atomic E-state index is 12.3. The van der Waals surface area contributed by atoms with Crippen LogP contribution in [0.2, 0.25) is 0 Å². The number of nitriles is 2. The van der Waals surface area contributed by atoms with E-state index in [4.69, 9.17) is 16.3 Å². The van der Waals surface area contributed by atoms with Crippen molar-refractivity contribution >= 4 is 11.5 Å². The third-order valence-corrected chi connectivity index (χ3v) is 2.71. The van der Waals surface area contributed by atoms with E-state index < -0.39 is 0 Å². The van der Waals surface area contributed by atoms with Crippen LogP contribution < -0.4 is 5.73 Å². The Morgan fingerprint density at radius 3 is 2.26 bits per heavy atom. The van der Waals surface area contributed by atoms with Crippen molar-refractivity contribution in [2.24, 2.45) is 0 Å². The molecule has 0 fully saturated rings. The summed E-state index contributed by atoms with van der Waals surface area (Å²) < 4.78 is 0. The van der Waals surface area contributed by atoms with Gasteiger partial charge < -0.3 is 5.73 Å². The lowest BCUT2D eigenvalue weighted by Crippen LogP contribution is -2.05. The summed E-state index contributed by atoms with van der Waals surface area (Å²) in [5.74, 6) is -0.298. The predicted molar refractivity (Wildman–Crippen MR) is 70.2 cm³/mol. The molecule has 0 aliphatic heterocycles. The molecule has 2 aromatic rings. The number of nitrogens with zero attached hydrogens (tertiary/aromatic N) is 2. The summed E-state index contributed by atoms with van der Waals surface area (Å²) >= 11 is 0. The van der Waals surface area contributed by atoms with Gasteiger partial charge in [-0.1, -0.05) is 6.07 Å². The van der Waals surface area contributed by atoms with Crippen LogP contribution in [-0.4, -0.2) is 5.78 Å². The smallest absolute Gasteiger partial charge is 0.194 e. The molecule has 0 amide bonds. The fourth-order valence-corrected chi connectivity index (χ4v) is 1.75. The van der Waals surface area contributed by atoms with Crippen LogP contribution in [0.25, 0.3) is 0 Å². The molecule has 0 spiro atoms. The van der Waals surface area contributed by atoms with Gasteiger partial charge in [-0.05, 0) is 36.4 Å². The van der Waals surface area contributed by atoms with Gasteiger partial charge in [0.1, 0.15) is 12.1 Å². The average molecular weight is 247 g/mol. The monoisotopic (exact) mass is 247 g/mol. The number of ketones is 1. The highest BCUT2D eigenvalue weighted by Gasteiger charge is 2.16. The van der Waals surface area contributed by atoms with Crippen LogP contribution in [0, 0.1) is 22.7 Å². The van der Waals surface area contributed by atoms with Crippen LogP contribution in [0.5, 0.6) is 0 Å². The quantitative estimate of drug-likeness (QED) is 0.650. The highest BCUT2D eigenvalue weighted by molar-refractivity contribution is 6.10. The van der Waals surface area contributed by atoms with Crippen LogP contribution in [0.3, 0.4) is 0 Å². The normalized spacial score (nSPS) is 9.37. The Morgan fingerprint density at radius 2 is 1.68 bits per heavy atom. The van der Waals surface area contributed by atoms with Crippen molar-refractivity contribution in [3.8, 4) is 12.1 Å². The number of nitrogens with two attached hydrogens (primary N) is 1. The molecule has 0 heterocycles. The summed E-state index contributed by atoms with van der Waals surface area (Å²) in [6.07, 6.45) is 0. The zero-order valence-corrected chi connectivity index (χ0v) is 9.92. The first-order chi connectivity index (χ1) is 9.17. The maximum Gasteiger partial charge on any atom is 0.194 e. The van der Waals surface area contributed by atoms with Gasteiger partial charge >= 0.3 is 0 Å². The second-order valence-corrected chi connectivity index (χ2v) is 3.90. The highest BCUT2D eigenvalue weighted by atomic mass is 16.1. The summed E-state index contributed by atoms with van der Waals surface area (Å²) in [5, 5.41) is 18.0. The molecule has 0 aromatic heterocycles. The maximum absolute atomic E-state index is 12.3. The van der Waals surface area contributed by atoms with Crippen LogP contribution in [-0.2, 0) is 0 Å². The molecule has 0 aliphatic rings. The van der Waals surface area contributed by atoms with Gasteiger partial charge in [-0.25, -0.2) is 0 Å². The SMILES string of the molecule is N#Cc1cccc(C(=O)c2ccc(N)cc2)c1C#N. The third kappa shape index (κ3) is 2.29. The Balaban J connectivity index is 2.54. The Bertz CT molecular complexity index is 719. The Hall–Kier alpha value is -3.11. The van der Waals surface area contributed by atoms with Crippen LogP contribution >= 0.6 is 0 Å². The molecule has 0 bridgehead atoms. The summed E-state index contributed by atoms with van der Waals surface area (Å²) in [4.78, 5) is 12.3. The van der Waals surface area contributed by atoms with Crippen molar-refractivity contribution in [3.63, 3.8) is 0 Å². The van der Waals surface area contributed by atoms with Gasteiger partial charge in [-0.15, -0.1) is 0 Å². The van der Waals surface area contributed by atoms with Crippen molar-refractivity contribution in [3.05, 3.63) is 64.7 Å². The summed E-state index contributed by atoms with van der Waals surface area (Å²) in [6.45, 7) is 0. The van der Waals surface area contributed by atoms with E-state index in [9.17, 15) is 4.79 Å². The second-order valence-electron chi connectivity index (χ2n) is 3.90. The van der Waals surface area contributed by atoms with Crippen molar-refractivity contribution in [1.82, 2.24) is 0 Å². The fourth-order valence-electron chi connectivity index (χ4n) is 1.75. The minimum absolute atomic E-state index is 0.104. The lowest BCUT2D eigenvalue weighted by atomic mass is 9.96. The summed E-state index contributed by atoms with van der Waals surface area (Å²) in [5.41, 5.74) is 7.08. The van der Waals surface area contributed by atoms with Crippen molar-refractivity contribution in [2.75, 3.05) is 5.73 Å². The number of carbonyl (C=O) groups is 1. The number of anilines is 1. The number of hydrogen-bond acceptors (Lipinski definition) is 4. The molecule has 19 heavy (non-hydrogen) atoms. The predicted octanol–water partition coefficient (Wildman–Crippen LogP) is 2.24. The first-order valence-corrected chi connectivity index (χ1v) is 5.51. The molecule has 2 aromatic carbocycles. The van der Waals surface area contributed by atoms with Gasteiger partial charge in [0.05, 0.1) is 11.1 Å². The number of benzene rings is 2. The third-order valence-electron chi connectivity index (χ3n) is 2.71. The Morgan fingerprint density at radius 1 is 1.00 bits per heavy atom. The van der Waals surface area contributed by atoms with Gasteiger partial charge in [0, 0.05) is 16.8 Å². The lowest BCUT2D eigenvalue weighted by molar-refractivity contribution is 0.103. The molecule has 4 heteroatoms. The molecule has 0 radical (unpaired) electrons. The fraction of sp³-hybridized carbons (Fsp3) is 0. The molecule has 90 valence electrons. The first-order valence-electron chi connectivity index (χ1n) is 5.51. The Kier molecular flexibility index (Phi) is 3.27. The highest BCUT2D eigenvalue weighted by Crippen LogP contribution is 2.18. The summed E-state index contributed by atoms with van der Waals surface area (Å²) in [6, 6.07) is 14.9. The van der Waals surface area contributed by atoms with E-state index in [0.29, 0.717) is 11.3 Å². The molecular formula is C15H9N3O. The van der Waals surface area contributed by atoms with Crippen molar-refractivity contribution < 1.29 is 4.79 Å². The molecule has 0 saturated carbocycles. The number of rotatable bonds is 2. The van der Waals surface area contributed by atoms with Gasteiger partial charge in [-0.2, -0.15) is 10.5 Å². The van der Waals surface area contributed by atoms with Gasteiger partial charge in [0.25, 0.3) is 0 Å². The van der Waals surface area contributed by atoms with Crippen LogP contribution in [0.1, 0.15) is 27.0 Å². The molecule has 0 saturated heterocycles. The molecule has 4 nitrogen and oxygen atoms in total. The number of nitrogen functional groups attached to an aromatic ring is 1. The number of hydrogen-bond donors (Lipinski definition) is 1. The second kappa shape index (κ2) is 5.03. The Labute approximate surface area is 110 Å². The standard InChI is InChI=1S/C15H9N3O/c16-8-11-2-1-3-13(14(11)9-17)15(19)10-4-6-12(18)7-5-10/h1-7H,18H2. The van der Waals surface area contributed by atoms with E-state index in [0.717, 1.165) is 0 Å². The van der Waals surface area contributed by atoms with Crippen molar-refractivity contribution in [2.45, 2.75) is 0 Å². The molecule has 0 atom stereocenters. The van der Waals surface area contributed by atoms with E-state index in [2.05, 4.69) is 0 Å². The van der Waals surface area contributed by atoms with Crippen LogP contribution in [0.4, 0.5) is 5.69 Å². The zero-order valence-electron chi connectivity index (χ0n) is 9.92. The summed E-state index contributed by atoms with van der Waals surface area (Å²) in [7, 11) is 0. The zero-order chi connectivity index (χ0) is 13.8.